The molecule has 12 aromatic rings. The molecule has 15 heterocycles. The second-order valence-corrected chi connectivity index (χ2v) is 35.7. The highest BCUT2D eigenvalue weighted by molar-refractivity contribution is 7.17. The van der Waals surface area contributed by atoms with Gasteiger partial charge in [0.15, 0.2) is 5.58 Å². The lowest BCUT2D eigenvalue weighted by Crippen LogP contribution is -2.21. The van der Waals surface area contributed by atoms with Gasteiger partial charge >= 0.3 is 0 Å². The van der Waals surface area contributed by atoms with Crippen molar-refractivity contribution in [2.45, 2.75) is 257 Å². The molecule has 2 fully saturated rings. The number of H-pyrrole nitrogens is 8. The van der Waals surface area contributed by atoms with Crippen LogP contribution in [0.25, 0.3) is 59.7 Å². The summed E-state index contributed by atoms with van der Waals surface area (Å²) in [5.41, 5.74) is 10.9. The van der Waals surface area contributed by atoms with Crippen LogP contribution in [0.1, 0.15) is 248 Å². The Morgan fingerprint density at radius 3 is 1.44 bits per heavy atom. The van der Waals surface area contributed by atoms with Crippen molar-refractivity contribution in [2.24, 2.45) is 59.2 Å². The maximum Gasteiger partial charge on any atom is 0.203 e. The molecule has 3 aliphatic heterocycles. The minimum atomic E-state index is 0.634. The van der Waals surface area contributed by atoms with Crippen molar-refractivity contribution in [3.05, 3.63) is 199 Å². The normalized spacial score (nSPS) is 14.5. The van der Waals surface area contributed by atoms with Crippen LogP contribution < -0.4 is 5.32 Å². The Labute approximate surface area is 664 Å². The number of fused-ring (bicyclic) bond motifs is 9. The van der Waals surface area contributed by atoms with E-state index in [2.05, 4.69) is 321 Å². The van der Waals surface area contributed by atoms with Gasteiger partial charge in [0.2, 0.25) is 5.71 Å². The minimum Gasteiger partial charge on any atom is -0.463 e. The molecule has 12 aromatic heterocycles. The van der Waals surface area contributed by atoms with Gasteiger partial charge in [-0.1, -0.05) is 211 Å². The number of nitrogens with zero attached hydrogens (tertiary/aromatic N) is 1. The van der Waals surface area contributed by atoms with Gasteiger partial charge in [-0.05, 0) is 225 Å². The van der Waals surface area contributed by atoms with E-state index in [1.54, 1.807) is 35.2 Å². The molecule has 2 saturated heterocycles. The highest BCUT2D eigenvalue weighted by Crippen LogP contribution is 2.27. The number of furan rings is 2. The third-order valence-electron chi connectivity index (χ3n) is 13.6. The Balaban J connectivity index is 0.000000578. The summed E-state index contributed by atoms with van der Waals surface area (Å²) in [4.78, 5) is 28.5. The van der Waals surface area contributed by atoms with E-state index in [-0.39, 0.29) is 0 Å². The third kappa shape index (κ3) is 50.2. The van der Waals surface area contributed by atoms with Crippen molar-refractivity contribution >= 4 is 82.4 Å². The second-order valence-electron chi connectivity index (χ2n) is 33.8. The van der Waals surface area contributed by atoms with Crippen LogP contribution in [0.15, 0.2) is 185 Å². The van der Waals surface area contributed by atoms with E-state index in [9.17, 15) is 0 Å². The summed E-state index contributed by atoms with van der Waals surface area (Å²) in [6, 6.07) is 26.1. The molecule has 2 unspecified atom stereocenters. The first kappa shape index (κ1) is 98.5. The fraction of sp³-hybridized carbons (Fsp3) is 0.532. The standard InChI is InChI=1S/C7H13N.2C7H9N.C7H7N.C6H6N2.2C6H5NO.2C6H5NS.9C4H10/c1-3-7-4-2-6-8(7)5-1;3*1-2-6-4-5-8-7(6)3-1;1-3-7-6-5(1)2-4-8-6;1-3-7-5-2-4-8-6(1)5;1-3-7-6-5(1)2-4-8-6;1-3-7-5-2-4-8-6(1)5;1-3-7-6-5(1)2-4-8-6;9*1-4(2)3/h7H,1-6H2;4-5,8H,1-3H2;1,3-8H,2H2;1,3-5,8H,2H2;1-4,7-8H;4*1-4,7H;9*4H,1-3H3. The summed E-state index contributed by atoms with van der Waals surface area (Å²) < 4.78 is 11.4. The first-order valence-corrected chi connectivity index (χ1v) is 42.5. The lowest BCUT2D eigenvalue weighted by molar-refractivity contribution is 0.325. The number of nitrogens with one attached hydrogen (secondary N) is 9. The Morgan fingerprint density at radius 1 is 0.407 bits per heavy atom. The van der Waals surface area contributed by atoms with Crippen LogP contribution in [0.2, 0.25) is 0 Å². The number of hydrogen-bond acceptors (Lipinski definition) is 6. The lowest BCUT2D eigenvalue weighted by Gasteiger charge is -2.11. The molecule has 18 rings (SSSR count). The number of thiophene rings is 2. The zero-order valence-electron chi connectivity index (χ0n) is 72.6. The molecule has 14 heteroatoms. The van der Waals surface area contributed by atoms with Crippen molar-refractivity contribution in [3.63, 3.8) is 0 Å². The van der Waals surface area contributed by atoms with E-state index in [0.29, 0.717) is 6.04 Å². The van der Waals surface area contributed by atoms with Crippen LogP contribution in [0.5, 0.6) is 0 Å². The van der Waals surface area contributed by atoms with Crippen LogP contribution in [0.4, 0.5) is 0 Å². The quantitative estimate of drug-likeness (QED) is 0.0690. The Morgan fingerprint density at radius 2 is 0.907 bits per heavy atom. The summed E-state index contributed by atoms with van der Waals surface area (Å²) in [6.07, 6.45) is 44.0. The Hall–Kier alpha value is -7.52. The second kappa shape index (κ2) is 59.4. The molecule has 6 aliphatic rings. The van der Waals surface area contributed by atoms with E-state index in [4.69, 9.17) is 8.83 Å². The van der Waals surface area contributed by atoms with Gasteiger partial charge < -0.3 is 58.9 Å². The monoisotopic (exact) mass is 1520 g/mol. The molecular weight excluding hydrogens is 1370 g/mol. The number of rotatable bonds is 0. The molecule has 3 aliphatic carbocycles. The number of hydrogen-bond donors (Lipinski definition) is 9. The maximum absolute atomic E-state index is 5.03. The number of allylic oxidation sites excluding steroid dienone is 2. The first-order valence-electron chi connectivity index (χ1n) is 40.7. The van der Waals surface area contributed by atoms with Gasteiger partial charge in [-0.2, -0.15) is 0 Å². The average molecular weight is 1520 g/mol. The smallest absolute Gasteiger partial charge is 0.203 e. The van der Waals surface area contributed by atoms with Gasteiger partial charge in [-0.3, -0.25) is 0 Å². The van der Waals surface area contributed by atoms with Crippen molar-refractivity contribution in [1.82, 2.24) is 50.1 Å². The molecule has 0 saturated carbocycles. The van der Waals surface area contributed by atoms with Crippen LogP contribution in [-0.4, -0.2) is 69.9 Å². The van der Waals surface area contributed by atoms with Gasteiger partial charge in [0, 0.05) is 95.1 Å². The number of aromatic nitrogens is 8. The van der Waals surface area contributed by atoms with E-state index >= 15 is 0 Å². The third-order valence-corrected chi connectivity index (χ3v) is 15.3. The molecule has 9 N–H and O–H groups in total. The first-order chi connectivity index (χ1) is 51.3. The average Bonchev–Trinajstić information content (AvgIpc) is 1.83. The summed E-state index contributed by atoms with van der Waals surface area (Å²) in [5, 5.41) is 11.1. The van der Waals surface area contributed by atoms with E-state index in [0.717, 1.165) is 99.5 Å². The minimum absolute atomic E-state index is 0.634. The van der Waals surface area contributed by atoms with Crippen LogP contribution in [-0.2, 0) is 19.3 Å². The SMILES string of the molecule is C1=CC2NC=CC2C1.C1=Cc2[nH]ccc2C1.C1CC2CCCN2C1.CC(C)C.CC(C)C.CC(C)C.CC(C)C.CC(C)C.CC(C)C.CC(C)C.CC(C)C.CC(C)C.c1cc2c([nH]1)CCC2.c1cc2cc[nH]c2[nH]1.c1cc2ccoc2[nH]1.c1cc2ccsc2[nH]1.c1cc2occc2[nH]1.c1cc2sccc2[nH]1. The van der Waals surface area contributed by atoms with E-state index in [1.807, 2.05) is 86.0 Å². The molecule has 0 radical (unpaired) electrons. The molecule has 604 valence electrons. The molecule has 0 spiro atoms. The number of aromatic amines is 8. The van der Waals surface area contributed by atoms with Crippen molar-refractivity contribution in [3.8, 4) is 0 Å². The highest BCUT2D eigenvalue weighted by atomic mass is 32.1. The topological polar surface area (TPSA) is 168 Å². The van der Waals surface area contributed by atoms with Crippen LogP contribution >= 0.6 is 22.7 Å². The molecule has 0 amide bonds. The predicted octanol–water partition coefficient (Wildman–Crippen LogP) is 29.8. The largest absolute Gasteiger partial charge is 0.463 e. The molecule has 12 nitrogen and oxygen atoms in total. The van der Waals surface area contributed by atoms with Crippen molar-refractivity contribution in [1.29, 1.82) is 0 Å². The molecule has 0 aromatic carbocycles. The van der Waals surface area contributed by atoms with Gasteiger partial charge in [-0.25, -0.2) is 0 Å². The van der Waals surface area contributed by atoms with Crippen LogP contribution in [0.3, 0.4) is 0 Å². The zero-order valence-corrected chi connectivity index (χ0v) is 74.2. The van der Waals surface area contributed by atoms with Crippen molar-refractivity contribution in [2.75, 3.05) is 13.1 Å². The fourth-order valence-corrected chi connectivity index (χ4v) is 11.3. The maximum atomic E-state index is 5.03. The predicted molar refractivity (Wildman–Crippen MR) is 484 cm³/mol. The summed E-state index contributed by atoms with van der Waals surface area (Å²) >= 11 is 3.50. The van der Waals surface area contributed by atoms with Crippen molar-refractivity contribution < 1.29 is 8.83 Å². The van der Waals surface area contributed by atoms with Gasteiger partial charge in [0.1, 0.15) is 5.65 Å². The van der Waals surface area contributed by atoms with E-state index in [1.165, 1.54) is 113 Å². The molecular formula is C94H154N10O2S2. The summed E-state index contributed by atoms with van der Waals surface area (Å²) in [5.74, 6) is 8.27. The van der Waals surface area contributed by atoms with Crippen LogP contribution in [0, 0.1) is 59.2 Å². The summed E-state index contributed by atoms with van der Waals surface area (Å²) in [7, 11) is 0. The lowest BCUT2D eigenvalue weighted by atomic mass is 10.1. The highest BCUT2D eigenvalue weighted by Gasteiger charge is 2.28. The van der Waals surface area contributed by atoms with Gasteiger partial charge in [0.05, 0.1) is 39.1 Å². The zero-order chi connectivity index (χ0) is 80.8. The van der Waals surface area contributed by atoms with Gasteiger partial charge in [0.25, 0.3) is 0 Å². The molecule has 2 atom stereocenters. The van der Waals surface area contributed by atoms with E-state index < -0.39 is 0 Å². The van der Waals surface area contributed by atoms with Gasteiger partial charge in [-0.15, -0.1) is 22.7 Å². The Kier molecular flexibility index (Phi) is 54.1. The molecule has 0 bridgehead atoms. The Bertz CT molecular complexity index is 3210. The number of aryl methyl sites for hydroxylation is 2. The molecule has 108 heavy (non-hydrogen) atoms. The fourth-order valence-electron chi connectivity index (χ4n) is 9.76. The summed E-state index contributed by atoms with van der Waals surface area (Å²) in [6.45, 7) is 61.3.